The van der Waals surface area contributed by atoms with Gasteiger partial charge in [-0.25, -0.2) is 0 Å². The number of aryl methyl sites for hydroxylation is 2. The molecule has 1 atom stereocenters. The summed E-state index contributed by atoms with van der Waals surface area (Å²) in [6.07, 6.45) is 0. The van der Waals surface area contributed by atoms with Crippen LogP contribution in [0.25, 0.3) is 0 Å². The average molecular weight is 395 g/mol. The number of Topliss-reactive ketones (excluding diaryl/α,β-unsaturated/α-hetero) is 1. The van der Waals surface area contributed by atoms with Crippen molar-refractivity contribution < 1.29 is 9.53 Å². The minimum atomic E-state index is -0.247. The van der Waals surface area contributed by atoms with Crippen molar-refractivity contribution in [2.24, 2.45) is 0 Å². The van der Waals surface area contributed by atoms with Crippen molar-refractivity contribution >= 4 is 23.1 Å². The van der Waals surface area contributed by atoms with Crippen molar-refractivity contribution in [2.45, 2.75) is 40.7 Å². The highest BCUT2D eigenvalue weighted by Gasteiger charge is 2.31. The summed E-state index contributed by atoms with van der Waals surface area (Å²) in [5.74, 6) is 1.62. The molecule has 1 unspecified atom stereocenters. The second kappa shape index (κ2) is 8.15. The molecule has 0 bridgehead atoms. The third kappa shape index (κ3) is 4.09. The summed E-state index contributed by atoms with van der Waals surface area (Å²) in [5.41, 5.74) is 4.98. The lowest BCUT2D eigenvalue weighted by atomic mass is 9.92. The fourth-order valence-corrected chi connectivity index (χ4v) is 4.11. The molecule has 28 heavy (non-hydrogen) atoms. The molecule has 0 radical (unpaired) electrons. The first-order valence-corrected chi connectivity index (χ1v) is 9.86. The number of rotatable bonds is 5. The van der Waals surface area contributed by atoms with Gasteiger partial charge < -0.3 is 15.0 Å². The van der Waals surface area contributed by atoms with E-state index in [4.69, 9.17) is 17.0 Å². The van der Waals surface area contributed by atoms with Gasteiger partial charge in [0, 0.05) is 17.8 Å². The number of benzene rings is 2. The Morgan fingerprint density at radius 3 is 2.21 bits per heavy atom. The van der Waals surface area contributed by atoms with Crippen molar-refractivity contribution in [1.29, 1.82) is 0 Å². The number of thiocarbonyl (C=S) groups is 1. The average Bonchev–Trinajstić information content (AvgIpc) is 2.61. The van der Waals surface area contributed by atoms with Crippen LogP contribution in [0.4, 0.5) is 0 Å². The van der Waals surface area contributed by atoms with Gasteiger partial charge in [0.25, 0.3) is 0 Å². The number of hydrogen-bond acceptors (Lipinski definition) is 3. The molecule has 1 heterocycles. The highest BCUT2D eigenvalue weighted by atomic mass is 32.1. The van der Waals surface area contributed by atoms with Crippen LogP contribution in [-0.2, 0) is 4.79 Å². The third-order valence-corrected chi connectivity index (χ3v) is 5.27. The van der Waals surface area contributed by atoms with Crippen LogP contribution in [0.3, 0.4) is 0 Å². The number of nitrogens with zero attached hydrogens (tertiary/aromatic N) is 1. The van der Waals surface area contributed by atoms with Crippen LogP contribution < -0.4 is 10.1 Å². The molecule has 0 aliphatic carbocycles. The van der Waals surface area contributed by atoms with E-state index in [1.807, 2.05) is 55.1 Å². The predicted molar refractivity (Wildman–Crippen MR) is 117 cm³/mol. The molecule has 1 aliphatic rings. The number of carbonyl (C=O) groups excluding carboxylic acids is 1. The van der Waals surface area contributed by atoms with Crippen molar-refractivity contribution in [3.05, 3.63) is 70.4 Å². The summed E-state index contributed by atoms with van der Waals surface area (Å²) in [6.45, 7) is 10.4. The summed E-state index contributed by atoms with van der Waals surface area (Å²) in [6, 6.07) is 13.7. The summed E-state index contributed by atoms with van der Waals surface area (Å²) in [5, 5.41) is 3.96. The molecule has 0 spiro atoms. The molecule has 146 valence electrons. The molecule has 0 amide bonds. The fourth-order valence-electron chi connectivity index (χ4n) is 3.73. The highest BCUT2D eigenvalue weighted by Crippen LogP contribution is 2.32. The quantitative estimate of drug-likeness (QED) is 0.705. The maximum absolute atomic E-state index is 12.3. The summed E-state index contributed by atoms with van der Waals surface area (Å²) < 4.78 is 6.00. The van der Waals surface area contributed by atoms with E-state index in [-0.39, 0.29) is 11.8 Å². The standard InChI is InChI=1S/C23H26N2O2S/c1-6-25-16(4)21(17(5)26)22(24-23(25)28)18-7-9-19(10-8-18)27-20-12-14(2)11-15(3)13-20/h7-13,22H,6H2,1-5H3,(H,24,28). The van der Waals surface area contributed by atoms with E-state index in [2.05, 4.69) is 25.2 Å². The van der Waals surface area contributed by atoms with Gasteiger partial charge in [-0.15, -0.1) is 0 Å². The molecule has 0 fully saturated rings. The van der Waals surface area contributed by atoms with E-state index in [9.17, 15) is 4.79 Å². The molecule has 5 heteroatoms. The van der Waals surface area contributed by atoms with Crippen LogP contribution in [0.5, 0.6) is 11.5 Å². The maximum Gasteiger partial charge on any atom is 0.173 e. The van der Waals surface area contributed by atoms with Gasteiger partial charge in [-0.2, -0.15) is 0 Å². The van der Waals surface area contributed by atoms with Gasteiger partial charge >= 0.3 is 0 Å². The molecule has 1 N–H and O–H groups in total. The van der Waals surface area contributed by atoms with Gasteiger partial charge in [-0.3, -0.25) is 4.79 Å². The molecular weight excluding hydrogens is 368 g/mol. The van der Waals surface area contributed by atoms with E-state index in [0.717, 1.165) is 34.9 Å². The second-order valence-electron chi connectivity index (χ2n) is 7.18. The minimum Gasteiger partial charge on any atom is -0.457 e. The Morgan fingerprint density at radius 1 is 1.07 bits per heavy atom. The number of hydrogen-bond donors (Lipinski definition) is 1. The minimum absolute atomic E-state index is 0.0477. The van der Waals surface area contributed by atoms with Gasteiger partial charge in [0.05, 0.1) is 6.04 Å². The van der Waals surface area contributed by atoms with E-state index in [1.54, 1.807) is 6.92 Å². The van der Waals surface area contributed by atoms with E-state index in [1.165, 1.54) is 11.1 Å². The van der Waals surface area contributed by atoms with Crippen LogP contribution in [0.15, 0.2) is 53.7 Å². The Hall–Kier alpha value is -2.66. The topological polar surface area (TPSA) is 41.6 Å². The van der Waals surface area contributed by atoms with Crippen molar-refractivity contribution in [3.8, 4) is 11.5 Å². The van der Waals surface area contributed by atoms with Crippen LogP contribution in [-0.4, -0.2) is 22.3 Å². The first-order valence-electron chi connectivity index (χ1n) is 9.46. The molecule has 3 rings (SSSR count). The third-order valence-electron chi connectivity index (χ3n) is 4.94. The number of nitrogens with one attached hydrogen (secondary N) is 1. The Labute approximate surface area is 172 Å². The van der Waals surface area contributed by atoms with Crippen LogP contribution in [0, 0.1) is 13.8 Å². The molecule has 1 aliphatic heterocycles. The lowest BCUT2D eigenvalue weighted by molar-refractivity contribution is -0.114. The number of ketones is 1. The zero-order chi connectivity index (χ0) is 20.4. The zero-order valence-corrected chi connectivity index (χ0v) is 17.8. The molecule has 2 aromatic rings. The normalized spacial score (nSPS) is 16.8. The Balaban J connectivity index is 1.88. The van der Waals surface area contributed by atoms with Gasteiger partial charge in [0.2, 0.25) is 0 Å². The summed E-state index contributed by atoms with van der Waals surface area (Å²) >= 11 is 5.50. The van der Waals surface area contributed by atoms with Gasteiger partial charge in [0.15, 0.2) is 10.9 Å². The largest absolute Gasteiger partial charge is 0.457 e. The van der Waals surface area contributed by atoms with Crippen molar-refractivity contribution in [2.75, 3.05) is 6.54 Å². The lowest BCUT2D eigenvalue weighted by Crippen LogP contribution is -2.47. The van der Waals surface area contributed by atoms with E-state index >= 15 is 0 Å². The first-order chi connectivity index (χ1) is 13.3. The molecule has 4 nitrogen and oxygen atoms in total. The molecule has 0 saturated carbocycles. The van der Waals surface area contributed by atoms with Crippen LogP contribution in [0.1, 0.15) is 43.5 Å². The molecule has 0 aromatic heterocycles. The summed E-state index contributed by atoms with van der Waals surface area (Å²) in [4.78, 5) is 14.3. The SMILES string of the molecule is CCN1C(=S)NC(c2ccc(Oc3cc(C)cc(C)c3)cc2)C(C(C)=O)=C1C. The predicted octanol–water partition coefficient (Wildman–Crippen LogP) is 5.21. The number of ether oxygens (including phenoxy) is 1. The van der Waals surface area contributed by atoms with Crippen molar-refractivity contribution in [3.63, 3.8) is 0 Å². The van der Waals surface area contributed by atoms with Gasteiger partial charge in [-0.1, -0.05) is 18.2 Å². The Morgan fingerprint density at radius 2 is 1.68 bits per heavy atom. The molecule has 0 saturated heterocycles. The summed E-state index contributed by atoms with van der Waals surface area (Å²) in [7, 11) is 0. The van der Waals surface area contributed by atoms with Crippen LogP contribution >= 0.6 is 12.2 Å². The zero-order valence-electron chi connectivity index (χ0n) is 17.0. The van der Waals surface area contributed by atoms with E-state index < -0.39 is 0 Å². The van der Waals surface area contributed by atoms with Crippen LogP contribution in [0.2, 0.25) is 0 Å². The maximum atomic E-state index is 12.3. The lowest BCUT2D eigenvalue weighted by Gasteiger charge is -2.37. The number of allylic oxidation sites excluding steroid dienone is 1. The fraction of sp³-hybridized carbons (Fsp3) is 0.304. The monoisotopic (exact) mass is 394 g/mol. The molecule has 2 aromatic carbocycles. The smallest absolute Gasteiger partial charge is 0.173 e. The number of carbonyl (C=O) groups is 1. The van der Waals surface area contributed by atoms with Crippen molar-refractivity contribution in [1.82, 2.24) is 10.2 Å². The van der Waals surface area contributed by atoms with Gasteiger partial charge in [0.1, 0.15) is 11.5 Å². The second-order valence-corrected chi connectivity index (χ2v) is 7.56. The van der Waals surface area contributed by atoms with E-state index in [0.29, 0.717) is 5.11 Å². The van der Waals surface area contributed by atoms with Gasteiger partial charge in [-0.05, 0) is 87.8 Å². The highest BCUT2D eigenvalue weighted by molar-refractivity contribution is 7.80. The molecular formula is C23H26N2O2S. The Bertz CT molecular complexity index is 927. The Kier molecular flexibility index (Phi) is 5.84. The first kappa shape index (κ1) is 20.1.